The van der Waals surface area contributed by atoms with Gasteiger partial charge in [0.15, 0.2) is 0 Å². The standard InChI is InChI=1S/C24H24N4O/c1-16-5-10-25-20(11-16)17-13-26-22(27-14-17)28-15-23(6-7-23)19-4-3-18(12-21(19)28)24(29-2)8-9-24/h3-5,10-14H,6-9,15H2,1-2H3. The van der Waals surface area contributed by atoms with Crippen molar-refractivity contribution >= 4 is 11.6 Å². The predicted octanol–water partition coefficient (Wildman–Crippen LogP) is 4.67. The van der Waals surface area contributed by atoms with Crippen LogP contribution in [0.25, 0.3) is 11.3 Å². The monoisotopic (exact) mass is 384 g/mol. The van der Waals surface area contributed by atoms with E-state index in [0.717, 1.165) is 36.6 Å². The number of rotatable bonds is 4. The highest BCUT2D eigenvalue weighted by molar-refractivity contribution is 5.72. The third kappa shape index (κ3) is 2.60. The zero-order valence-corrected chi connectivity index (χ0v) is 16.9. The van der Waals surface area contributed by atoms with E-state index in [2.05, 4.69) is 41.1 Å². The van der Waals surface area contributed by atoms with Crippen LogP contribution in [0.1, 0.15) is 42.4 Å². The van der Waals surface area contributed by atoms with Gasteiger partial charge >= 0.3 is 0 Å². The summed E-state index contributed by atoms with van der Waals surface area (Å²) in [6.45, 7) is 3.04. The number of hydrogen-bond donors (Lipinski definition) is 0. The SMILES string of the molecule is COC1(c2ccc3c(c2)N(c2ncc(-c4cc(C)ccn4)cn2)CC32CC2)CC1. The van der Waals surface area contributed by atoms with Crippen LogP contribution >= 0.6 is 0 Å². The van der Waals surface area contributed by atoms with Crippen LogP contribution in [0.4, 0.5) is 11.6 Å². The van der Waals surface area contributed by atoms with Crippen molar-refractivity contribution in [2.45, 2.75) is 43.6 Å². The van der Waals surface area contributed by atoms with Gasteiger partial charge < -0.3 is 9.64 Å². The van der Waals surface area contributed by atoms with Gasteiger partial charge in [0.2, 0.25) is 5.95 Å². The fraction of sp³-hybridized carbons (Fsp3) is 0.375. The van der Waals surface area contributed by atoms with Crippen molar-refractivity contribution < 1.29 is 4.74 Å². The molecular formula is C24H24N4O. The van der Waals surface area contributed by atoms with Crippen molar-refractivity contribution in [1.29, 1.82) is 0 Å². The second-order valence-electron chi connectivity index (χ2n) is 8.79. The molecule has 3 heterocycles. The number of hydrogen-bond acceptors (Lipinski definition) is 5. The van der Waals surface area contributed by atoms with Gasteiger partial charge in [-0.2, -0.15) is 0 Å². The van der Waals surface area contributed by atoms with Crippen LogP contribution in [-0.4, -0.2) is 28.6 Å². The highest BCUT2D eigenvalue weighted by Crippen LogP contribution is 2.59. The third-order valence-corrected chi connectivity index (χ3v) is 6.89. The zero-order chi connectivity index (χ0) is 19.6. The maximum Gasteiger partial charge on any atom is 0.229 e. The molecule has 0 bridgehead atoms. The minimum atomic E-state index is -0.0818. The second-order valence-corrected chi connectivity index (χ2v) is 8.79. The fourth-order valence-electron chi connectivity index (χ4n) is 4.73. The Morgan fingerprint density at radius 1 is 0.966 bits per heavy atom. The van der Waals surface area contributed by atoms with E-state index in [4.69, 9.17) is 14.7 Å². The lowest BCUT2D eigenvalue weighted by Gasteiger charge is -2.20. The molecule has 0 atom stereocenters. The number of benzene rings is 1. The van der Waals surface area contributed by atoms with Crippen molar-refractivity contribution in [3.05, 3.63) is 65.6 Å². The Hall–Kier alpha value is -2.79. The quantitative estimate of drug-likeness (QED) is 0.654. The lowest BCUT2D eigenvalue weighted by atomic mass is 9.95. The Labute approximate surface area is 170 Å². The van der Waals surface area contributed by atoms with Crippen LogP contribution in [0.3, 0.4) is 0 Å². The van der Waals surface area contributed by atoms with Gasteiger partial charge in [-0.15, -0.1) is 0 Å². The molecule has 1 spiro atoms. The molecule has 5 heteroatoms. The van der Waals surface area contributed by atoms with Crippen molar-refractivity contribution in [2.24, 2.45) is 0 Å². The van der Waals surface area contributed by atoms with E-state index in [-0.39, 0.29) is 11.0 Å². The van der Waals surface area contributed by atoms with Gasteiger partial charge in [0, 0.05) is 48.9 Å². The average molecular weight is 384 g/mol. The van der Waals surface area contributed by atoms with E-state index < -0.39 is 0 Å². The summed E-state index contributed by atoms with van der Waals surface area (Å²) >= 11 is 0. The first-order valence-electron chi connectivity index (χ1n) is 10.4. The average Bonchev–Trinajstić information content (AvgIpc) is 3.67. The first kappa shape index (κ1) is 17.1. The van der Waals surface area contributed by atoms with Gasteiger partial charge in [-0.1, -0.05) is 12.1 Å². The Morgan fingerprint density at radius 2 is 1.76 bits per heavy atom. The van der Waals surface area contributed by atoms with Crippen LogP contribution < -0.4 is 4.90 Å². The maximum absolute atomic E-state index is 5.82. The topological polar surface area (TPSA) is 51.1 Å². The van der Waals surface area contributed by atoms with E-state index in [0.29, 0.717) is 0 Å². The van der Waals surface area contributed by atoms with Crippen LogP contribution in [0.2, 0.25) is 0 Å². The molecule has 1 aromatic carbocycles. The number of fused-ring (bicyclic) bond motifs is 2. The Morgan fingerprint density at radius 3 is 2.41 bits per heavy atom. The molecule has 29 heavy (non-hydrogen) atoms. The van der Waals surface area contributed by atoms with Crippen molar-refractivity contribution in [3.63, 3.8) is 0 Å². The lowest BCUT2D eigenvalue weighted by molar-refractivity contribution is 0.0789. The van der Waals surface area contributed by atoms with Gasteiger partial charge in [-0.05, 0) is 67.5 Å². The number of pyridine rings is 1. The minimum Gasteiger partial charge on any atom is -0.374 e. The molecule has 2 fully saturated rings. The van der Waals surface area contributed by atoms with E-state index >= 15 is 0 Å². The van der Waals surface area contributed by atoms with E-state index in [1.165, 1.54) is 35.2 Å². The Balaban J connectivity index is 1.37. The number of aryl methyl sites for hydroxylation is 1. The summed E-state index contributed by atoms with van der Waals surface area (Å²) in [6, 6.07) is 11.0. The number of methoxy groups -OCH3 is 1. The summed E-state index contributed by atoms with van der Waals surface area (Å²) in [5.74, 6) is 0.769. The molecule has 0 N–H and O–H groups in total. The fourth-order valence-corrected chi connectivity index (χ4v) is 4.73. The molecule has 146 valence electrons. The van der Waals surface area contributed by atoms with Crippen LogP contribution in [0, 0.1) is 6.92 Å². The minimum absolute atomic E-state index is 0.0818. The maximum atomic E-state index is 5.82. The van der Waals surface area contributed by atoms with Crippen molar-refractivity contribution in [2.75, 3.05) is 18.6 Å². The summed E-state index contributed by atoms with van der Waals surface area (Å²) in [5.41, 5.74) is 7.23. The summed E-state index contributed by atoms with van der Waals surface area (Å²) in [7, 11) is 1.82. The molecule has 0 saturated heterocycles. The first-order valence-corrected chi connectivity index (χ1v) is 10.4. The molecule has 3 aromatic rings. The highest BCUT2D eigenvalue weighted by atomic mass is 16.5. The summed E-state index contributed by atoms with van der Waals surface area (Å²) in [4.78, 5) is 16.2. The predicted molar refractivity (Wildman–Crippen MR) is 112 cm³/mol. The van der Waals surface area contributed by atoms with Gasteiger partial charge in [-0.25, -0.2) is 9.97 Å². The molecule has 2 aromatic heterocycles. The summed E-state index contributed by atoms with van der Waals surface area (Å²) in [6.07, 6.45) is 10.3. The number of nitrogens with zero attached hydrogens (tertiary/aromatic N) is 4. The summed E-state index contributed by atoms with van der Waals surface area (Å²) in [5, 5.41) is 0. The van der Waals surface area contributed by atoms with E-state index in [9.17, 15) is 0 Å². The number of aromatic nitrogens is 3. The van der Waals surface area contributed by atoms with Gasteiger partial charge in [0.1, 0.15) is 0 Å². The number of ether oxygens (including phenoxy) is 1. The number of anilines is 2. The molecule has 2 aliphatic carbocycles. The molecule has 0 radical (unpaired) electrons. The molecule has 6 rings (SSSR count). The van der Waals surface area contributed by atoms with E-state index in [1.807, 2.05) is 31.8 Å². The Bertz CT molecular complexity index is 1100. The van der Waals surface area contributed by atoms with E-state index in [1.54, 1.807) is 0 Å². The molecule has 5 nitrogen and oxygen atoms in total. The molecular weight excluding hydrogens is 360 g/mol. The van der Waals surface area contributed by atoms with Gasteiger partial charge in [0.05, 0.1) is 11.3 Å². The normalized spacial score (nSPS) is 20.0. The van der Waals surface area contributed by atoms with Gasteiger partial charge in [0.25, 0.3) is 0 Å². The second kappa shape index (κ2) is 5.86. The molecule has 1 aliphatic heterocycles. The van der Waals surface area contributed by atoms with Crippen LogP contribution in [0.5, 0.6) is 0 Å². The van der Waals surface area contributed by atoms with Crippen LogP contribution in [0.15, 0.2) is 48.9 Å². The first-order chi connectivity index (χ1) is 14.1. The Kier molecular flexibility index (Phi) is 3.46. The molecule has 2 saturated carbocycles. The molecule has 0 unspecified atom stereocenters. The van der Waals surface area contributed by atoms with Crippen molar-refractivity contribution in [3.8, 4) is 11.3 Å². The highest BCUT2D eigenvalue weighted by Gasteiger charge is 2.53. The van der Waals surface area contributed by atoms with Gasteiger partial charge in [-0.3, -0.25) is 4.98 Å². The smallest absolute Gasteiger partial charge is 0.229 e. The molecule has 3 aliphatic rings. The lowest BCUT2D eigenvalue weighted by Crippen LogP contribution is -2.21. The molecule has 0 amide bonds. The largest absolute Gasteiger partial charge is 0.374 e. The third-order valence-electron chi connectivity index (χ3n) is 6.89. The summed E-state index contributed by atoms with van der Waals surface area (Å²) < 4.78 is 5.82. The zero-order valence-electron chi connectivity index (χ0n) is 16.9. The van der Waals surface area contributed by atoms with Crippen LogP contribution in [-0.2, 0) is 15.8 Å². The van der Waals surface area contributed by atoms with Crippen molar-refractivity contribution in [1.82, 2.24) is 15.0 Å².